The molecule has 0 aromatic heterocycles. The standard InChI is InChI=1S/C11H13Cl2NOS/c12-9-2-1-3-10(11(9)13)14-8-4-6-16(15)7-5-8/h1-3,8,14H,4-7H2. The molecule has 1 aromatic rings. The van der Waals surface area contributed by atoms with Gasteiger partial charge in [-0.2, -0.15) is 0 Å². The summed E-state index contributed by atoms with van der Waals surface area (Å²) < 4.78 is 11.2. The summed E-state index contributed by atoms with van der Waals surface area (Å²) >= 11 is 12.0. The van der Waals surface area contributed by atoms with Gasteiger partial charge < -0.3 is 5.32 Å². The lowest BCUT2D eigenvalue weighted by atomic mass is 10.1. The Morgan fingerprint density at radius 3 is 2.62 bits per heavy atom. The molecule has 1 aliphatic heterocycles. The molecule has 0 unspecified atom stereocenters. The lowest BCUT2D eigenvalue weighted by Gasteiger charge is -2.24. The molecule has 2 nitrogen and oxygen atoms in total. The highest BCUT2D eigenvalue weighted by atomic mass is 35.5. The number of hydrogen-bond acceptors (Lipinski definition) is 2. The van der Waals surface area contributed by atoms with Gasteiger partial charge in [0.2, 0.25) is 0 Å². The van der Waals surface area contributed by atoms with Crippen molar-refractivity contribution in [1.29, 1.82) is 0 Å². The van der Waals surface area contributed by atoms with E-state index in [4.69, 9.17) is 23.2 Å². The Morgan fingerprint density at radius 1 is 1.25 bits per heavy atom. The fraction of sp³-hybridized carbons (Fsp3) is 0.455. The highest BCUT2D eigenvalue weighted by Crippen LogP contribution is 2.30. The normalized spacial score (nSPS) is 25.4. The van der Waals surface area contributed by atoms with Crippen LogP contribution in [0.25, 0.3) is 0 Å². The molecule has 1 fully saturated rings. The van der Waals surface area contributed by atoms with Crippen LogP contribution in [0.15, 0.2) is 18.2 Å². The van der Waals surface area contributed by atoms with E-state index in [0.29, 0.717) is 16.1 Å². The van der Waals surface area contributed by atoms with Crippen molar-refractivity contribution in [3.63, 3.8) is 0 Å². The second-order valence-electron chi connectivity index (χ2n) is 3.87. The Hall–Kier alpha value is -0.250. The third-order valence-electron chi connectivity index (χ3n) is 2.70. The van der Waals surface area contributed by atoms with E-state index in [1.165, 1.54) is 0 Å². The molecule has 5 heteroatoms. The molecule has 1 saturated heterocycles. The van der Waals surface area contributed by atoms with Crippen LogP contribution < -0.4 is 5.32 Å². The molecule has 0 saturated carbocycles. The van der Waals surface area contributed by atoms with Gasteiger partial charge in [-0.15, -0.1) is 0 Å². The van der Waals surface area contributed by atoms with Crippen molar-refractivity contribution in [3.05, 3.63) is 28.2 Å². The largest absolute Gasteiger partial charge is 0.381 e. The van der Waals surface area contributed by atoms with Crippen LogP contribution in [0.2, 0.25) is 10.0 Å². The van der Waals surface area contributed by atoms with Crippen molar-refractivity contribution < 1.29 is 4.21 Å². The second-order valence-corrected chi connectivity index (χ2v) is 6.35. The van der Waals surface area contributed by atoms with Gasteiger partial charge in [0.25, 0.3) is 0 Å². The number of benzene rings is 1. The van der Waals surface area contributed by atoms with Gasteiger partial charge >= 0.3 is 0 Å². The molecule has 0 atom stereocenters. The molecule has 16 heavy (non-hydrogen) atoms. The number of halogens is 2. The highest BCUT2D eigenvalue weighted by molar-refractivity contribution is 7.85. The Balaban J connectivity index is 2.04. The average molecular weight is 278 g/mol. The van der Waals surface area contributed by atoms with Crippen molar-refractivity contribution in [2.45, 2.75) is 18.9 Å². The van der Waals surface area contributed by atoms with Crippen LogP contribution in [0.3, 0.4) is 0 Å². The minimum atomic E-state index is -0.628. The first-order valence-corrected chi connectivity index (χ1v) is 7.47. The molecule has 1 aliphatic rings. The Labute approximate surface area is 108 Å². The zero-order valence-electron chi connectivity index (χ0n) is 8.71. The Morgan fingerprint density at radius 2 is 1.94 bits per heavy atom. The lowest BCUT2D eigenvalue weighted by molar-refractivity contribution is 0.624. The average Bonchev–Trinajstić information content (AvgIpc) is 2.28. The zero-order chi connectivity index (χ0) is 11.5. The van der Waals surface area contributed by atoms with Crippen LogP contribution in [-0.4, -0.2) is 21.8 Å². The van der Waals surface area contributed by atoms with Gasteiger partial charge in [-0.05, 0) is 25.0 Å². The summed E-state index contributed by atoms with van der Waals surface area (Å²) in [5.41, 5.74) is 0.867. The van der Waals surface area contributed by atoms with Crippen molar-refractivity contribution in [2.75, 3.05) is 16.8 Å². The van der Waals surface area contributed by atoms with Crippen LogP contribution in [0.4, 0.5) is 5.69 Å². The van der Waals surface area contributed by atoms with E-state index in [9.17, 15) is 4.21 Å². The minimum absolute atomic E-state index is 0.355. The quantitative estimate of drug-likeness (QED) is 0.899. The molecule has 1 N–H and O–H groups in total. The van der Waals surface area contributed by atoms with Crippen molar-refractivity contribution in [3.8, 4) is 0 Å². The van der Waals surface area contributed by atoms with Gasteiger partial charge in [0.05, 0.1) is 15.7 Å². The summed E-state index contributed by atoms with van der Waals surface area (Å²) in [4.78, 5) is 0. The monoisotopic (exact) mass is 277 g/mol. The predicted molar refractivity (Wildman–Crippen MR) is 71.0 cm³/mol. The Kier molecular flexibility index (Phi) is 4.11. The predicted octanol–water partition coefficient (Wildman–Crippen LogP) is 3.32. The SMILES string of the molecule is O=S1CCC(Nc2cccc(Cl)c2Cl)CC1. The van der Waals surface area contributed by atoms with Crippen molar-refractivity contribution in [2.24, 2.45) is 0 Å². The van der Waals surface area contributed by atoms with Crippen LogP contribution in [0, 0.1) is 0 Å². The minimum Gasteiger partial charge on any atom is -0.381 e. The molecular weight excluding hydrogens is 265 g/mol. The molecule has 1 aromatic carbocycles. The molecule has 0 amide bonds. The van der Waals surface area contributed by atoms with Crippen LogP contribution in [0.1, 0.15) is 12.8 Å². The van der Waals surface area contributed by atoms with E-state index in [2.05, 4.69) is 5.32 Å². The van der Waals surface area contributed by atoms with E-state index in [1.54, 1.807) is 6.07 Å². The fourth-order valence-corrected chi connectivity index (χ4v) is 3.43. The number of hydrogen-bond donors (Lipinski definition) is 1. The van der Waals surface area contributed by atoms with Gasteiger partial charge in [0.1, 0.15) is 0 Å². The molecule has 2 rings (SSSR count). The Bertz CT molecular complexity index is 401. The zero-order valence-corrected chi connectivity index (χ0v) is 11.0. The molecule has 88 valence electrons. The van der Waals surface area contributed by atoms with Gasteiger partial charge in [-0.3, -0.25) is 4.21 Å². The van der Waals surface area contributed by atoms with Crippen molar-refractivity contribution >= 4 is 39.7 Å². The summed E-state index contributed by atoms with van der Waals surface area (Å²) in [6, 6.07) is 5.91. The van der Waals surface area contributed by atoms with E-state index in [0.717, 1.165) is 30.0 Å². The summed E-state index contributed by atoms with van der Waals surface area (Å²) in [6.45, 7) is 0. The van der Waals surface area contributed by atoms with E-state index in [-0.39, 0.29) is 0 Å². The molecule has 1 heterocycles. The fourth-order valence-electron chi connectivity index (χ4n) is 1.77. The molecule has 0 spiro atoms. The first-order chi connectivity index (χ1) is 7.66. The van der Waals surface area contributed by atoms with Crippen LogP contribution in [0.5, 0.6) is 0 Å². The molecule has 0 radical (unpaired) electrons. The van der Waals surface area contributed by atoms with E-state index < -0.39 is 10.8 Å². The van der Waals surface area contributed by atoms with Crippen LogP contribution >= 0.6 is 23.2 Å². The maximum absolute atomic E-state index is 11.2. The molecular formula is C11H13Cl2NOS. The topological polar surface area (TPSA) is 29.1 Å². The third kappa shape index (κ3) is 2.90. The van der Waals surface area contributed by atoms with E-state index in [1.807, 2.05) is 12.1 Å². The smallest absolute Gasteiger partial charge is 0.0823 e. The van der Waals surface area contributed by atoms with Gasteiger partial charge in [-0.25, -0.2) is 0 Å². The summed E-state index contributed by atoms with van der Waals surface area (Å²) in [6.07, 6.45) is 1.85. The third-order valence-corrected chi connectivity index (χ3v) is 4.90. The maximum atomic E-state index is 11.2. The summed E-state index contributed by atoms with van der Waals surface area (Å²) in [7, 11) is -0.628. The molecule has 0 bridgehead atoms. The van der Waals surface area contributed by atoms with Gasteiger partial charge in [-0.1, -0.05) is 29.3 Å². The highest BCUT2D eigenvalue weighted by Gasteiger charge is 2.18. The summed E-state index contributed by atoms with van der Waals surface area (Å²) in [5.74, 6) is 1.55. The lowest BCUT2D eigenvalue weighted by Crippen LogP contribution is -2.29. The number of anilines is 1. The van der Waals surface area contributed by atoms with Gasteiger partial charge in [0.15, 0.2) is 0 Å². The number of nitrogens with one attached hydrogen (secondary N) is 1. The first kappa shape index (κ1) is 12.2. The van der Waals surface area contributed by atoms with Crippen LogP contribution in [-0.2, 0) is 10.8 Å². The van der Waals surface area contributed by atoms with Crippen molar-refractivity contribution in [1.82, 2.24) is 0 Å². The maximum Gasteiger partial charge on any atom is 0.0823 e. The number of rotatable bonds is 2. The first-order valence-electron chi connectivity index (χ1n) is 5.22. The molecule has 0 aliphatic carbocycles. The summed E-state index contributed by atoms with van der Waals surface area (Å²) in [5, 5.41) is 4.49. The second kappa shape index (κ2) is 5.39. The van der Waals surface area contributed by atoms with Gasteiger partial charge in [0, 0.05) is 28.3 Å². The van der Waals surface area contributed by atoms with E-state index >= 15 is 0 Å².